The zero-order chi connectivity index (χ0) is 9.84. The van der Waals surface area contributed by atoms with Gasteiger partial charge in [-0.1, -0.05) is 18.7 Å². The van der Waals surface area contributed by atoms with Gasteiger partial charge in [0.25, 0.3) is 0 Å². The number of nitrogens with zero attached hydrogens (tertiary/aromatic N) is 2. The summed E-state index contributed by atoms with van der Waals surface area (Å²) in [6, 6.07) is 0. The second-order valence-corrected chi connectivity index (χ2v) is 3.54. The number of carboxylic acid groups (broad SMARTS) is 1. The maximum Gasteiger partial charge on any atom is 0.307 e. The highest BCUT2D eigenvalue weighted by Crippen LogP contribution is 2.16. The Morgan fingerprint density at radius 3 is 3.00 bits per heavy atom. The summed E-state index contributed by atoms with van der Waals surface area (Å²) in [5.74, 6) is -0.557. The van der Waals surface area contributed by atoms with E-state index in [4.69, 9.17) is 10.8 Å². The summed E-state index contributed by atoms with van der Waals surface area (Å²) in [5, 5.41) is 15.3. The molecule has 0 aliphatic rings. The first-order chi connectivity index (χ1) is 6.09. The highest BCUT2D eigenvalue weighted by molar-refractivity contribution is 7.99. The number of H-pyrrole nitrogens is 1. The Labute approximate surface area is 78.9 Å². The number of hydrogen-bond acceptors (Lipinski definition) is 5. The number of aliphatic carboxylic acids is 1. The van der Waals surface area contributed by atoms with Crippen LogP contribution >= 0.6 is 11.8 Å². The van der Waals surface area contributed by atoms with Gasteiger partial charge in [0, 0.05) is 5.75 Å². The number of thioether (sulfide) groups is 1. The number of aromatic nitrogens is 3. The van der Waals surface area contributed by atoms with Crippen LogP contribution in [0.4, 0.5) is 5.95 Å². The first-order valence-electron chi connectivity index (χ1n) is 3.63. The van der Waals surface area contributed by atoms with Gasteiger partial charge in [-0.05, 0) is 0 Å². The summed E-state index contributed by atoms with van der Waals surface area (Å²) in [6.07, 6.45) is 0. The molecule has 0 amide bonds. The van der Waals surface area contributed by atoms with Crippen molar-refractivity contribution in [2.24, 2.45) is 5.92 Å². The fourth-order valence-electron chi connectivity index (χ4n) is 0.594. The maximum absolute atomic E-state index is 10.4. The molecule has 4 N–H and O–H groups in total. The fourth-order valence-corrected chi connectivity index (χ4v) is 1.41. The molecule has 7 heteroatoms. The molecular weight excluding hydrogens is 192 g/mol. The van der Waals surface area contributed by atoms with Crippen molar-refractivity contribution in [3.8, 4) is 0 Å². The second-order valence-electron chi connectivity index (χ2n) is 2.55. The quantitative estimate of drug-likeness (QED) is 0.602. The number of nitrogens with two attached hydrogens (primary N) is 1. The zero-order valence-corrected chi connectivity index (χ0v) is 7.84. The first kappa shape index (κ1) is 9.85. The SMILES string of the molecule is CC(CSc1n[nH]c(N)n1)C(=O)O. The van der Waals surface area contributed by atoms with Crippen LogP contribution in [0.25, 0.3) is 0 Å². The molecule has 1 aromatic heterocycles. The van der Waals surface area contributed by atoms with Gasteiger partial charge in [0.1, 0.15) is 0 Å². The molecule has 1 heterocycles. The van der Waals surface area contributed by atoms with Crippen LogP contribution in [0.1, 0.15) is 6.92 Å². The predicted molar refractivity (Wildman–Crippen MR) is 48.3 cm³/mol. The number of carbonyl (C=O) groups is 1. The van der Waals surface area contributed by atoms with E-state index in [1.165, 1.54) is 11.8 Å². The lowest BCUT2D eigenvalue weighted by atomic mass is 10.2. The summed E-state index contributed by atoms with van der Waals surface area (Å²) in [4.78, 5) is 14.3. The lowest BCUT2D eigenvalue weighted by Crippen LogP contribution is -2.11. The molecule has 0 radical (unpaired) electrons. The number of aromatic amines is 1. The summed E-state index contributed by atoms with van der Waals surface area (Å²) in [7, 11) is 0. The van der Waals surface area contributed by atoms with Crippen molar-refractivity contribution in [1.82, 2.24) is 15.2 Å². The molecule has 72 valence electrons. The molecule has 13 heavy (non-hydrogen) atoms. The highest BCUT2D eigenvalue weighted by Gasteiger charge is 2.12. The van der Waals surface area contributed by atoms with E-state index in [0.29, 0.717) is 10.9 Å². The van der Waals surface area contributed by atoms with Gasteiger partial charge in [0.05, 0.1) is 5.92 Å². The third kappa shape index (κ3) is 2.94. The van der Waals surface area contributed by atoms with Crippen LogP contribution in [-0.2, 0) is 4.79 Å². The molecular formula is C6H10N4O2S. The van der Waals surface area contributed by atoms with Crippen LogP contribution in [0.5, 0.6) is 0 Å². The van der Waals surface area contributed by atoms with Gasteiger partial charge >= 0.3 is 5.97 Å². The van der Waals surface area contributed by atoms with Gasteiger partial charge in [-0.25, -0.2) is 5.10 Å². The van der Waals surface area contributed by atoms with Gasteiger partial charge in [0.2, 0.25) is 11.1 Å². The lowest BCUT2D eigenvalue weighted by molar-refractivity contribution is -0.140. The molecule has 0 spiro atoms. The van der Waals surface area contributed by atoms with E-state index in [9.17, 15) is 4.79 Å². The van der Waals surface area contributed by atoms with Crippen LogP contribution in [0.2, 0.25) is 0 Å². The third-order valence-electron chi connectivity index (χ3n) is 1.37. The zero-order valence-electron chi connectivity index (χ0n) is 7.02. The molecule has 6 nitrogen and oxygen atoms in total. The minimum absolute atomic E-state index is 0.241. The fraction of sp³-hybridized carbons (Fsp3) is 0.500. The lowest BCUT2D eigenvalue weighted by Gasteiger charge is -2.01. The average Bonchev–Trinajstić information content (AvgIpc) is 2.47. The minimum atomic E-state index is -0.823. The largest absolute Gasteiger partial charge is 0.481 e. The Morgan fingerprint density at radius 1 is 1.85 bits per heavy atom. The van der Waals surface area contributed by atoms with Crippen molar-refractivity contribution in [3.63, 3.8) is 0 Å². The standard InChI is InChI=1S/C6H10N4O2S/c1-3(4(11)12)2-13-6-8-5(7)9-10-6/h3H,2H2,1H3,(H,11,12)(H3,7,8,9,10). The third-order valence-corrected chi connectivity index (χ3v) is 2.47. The van der Waals surface area contributed by atoms with Gasteiger partial charge in [0.15, 0.2) is 0 Å². The first-order valence-corrected chi connectivity index (χ1v) is 4.61. The Hall–Kier alpha value is -1.24. The summed E-state index contributed by atoms with van der Waals surface area (Å²) in [6.45, 7) is 1.63. The van der Waals surface area contributed by atoms with Gasteiger partial charge in [-0.3, -0.25) is 4.79 Å². The van der Waals surface area contributed by atoms with E-state index in [1.54, 1.807) is 6.92 Å². The van der Waals surface area contributed by atoms with Gasteiger partial charge in [-0.15, -0.1) is 5.10 Å². The molecule has 1 rings (SSSR count). The maximum atomic E-state index is 10.4. The predicted octanol–water partition coefficient (Wildman–Crippen LogP) is 0.200. The topological polar surface area (TPSA) is 105 Å². The molecule has 0 aliphatic carbocycles. The number of nitrogens with one attached hydrogen (secondary N) is 1. The summed E-state index contributed by atoms with van der Waals surface area (Å²) >= 11 is 1.26. The Bertz CT molecular complexity index is 301. The van der Waals surface area contributed by atoms with Crippen molar-refractivity contribution in [1.29, 1.82) is 0 Å². The van der Waals surface area contributed by atoms with E-state index in [-0.39, 0.29) is 5.95 Å². The van der Waals surface area contributed by atoms with Crippen molar-refractivity contribution >= 4 is 23.7 Å². The van der Waals surface area contributed by atoms with Crippen LogP contribution < -0.4 is 5.73 Å². The molecule has 1 aromatic rings. The van der Waals surface area contributed by atoms with Crippen LogP contribution in [0.3, 0.4) is 0 Å². The molecule has 1 unspecified atom stereocenters. The van der Waals surface area contributed by atoms with Crippen LogP contribution in [-0.4, -0.2) is 32.0 Å². The molecule has 0 saturated carbocycles. The summed E-state index contributed by atoms with van der Waals surface area (Å²) < 4.78 is 0. The minimum Gasteiger partial charge on any atom is -0.481 e. The smallest absolute Gasteiger partial charge is 0.307 e. The Morgan fingerprint density at radius 2 is 2.54 bits per heavy atom. The van der Waals surface area contributed by atoms with Crippen molar-refractivity contribution < 1.29 is 9.90 Å². The number of rotatable bonds is 4. The molecule has 1 atom stereocenters. The normalized spacial score (nSPS) is 12.7. The van der Waals surface area contributed by atoms with E-state index in [0.717, 1.165) is 0 Å². The number of anilines is 1. The van der Waals surface area contributed by atoms with Crippen LogP contribution in [0, 0.1) is 5.92 Å². The molecule has 0 fully saturated rings. The van der Waals surface area contributed by atoms with E-state index in [2.05, 4.69) is 15.2 Å². The summed E-state index contributed by atoms with van der Waals surface area (Å²) in [5.41, 5.74) is 5.29. The monoisotopic (exact) mass is 202 g/mol. The van der Waals surface area contributed by atoms with E-state index in [1.807, 2.05) is 0 Å². The molecule has 0 aromatic carbocycles. The Balaban J connectivity index is 2.39. The number of carboxylic acids is 1. The van der Waals surface area contributed by atoms with Crippen molar-refractivity contribution in [2.45, 2.75) is 12.1 Å². The molecule has 0 aliphatic heterocycles. The molecule has 0 bridgehead atoms. The van der Waals surface area contributed by atoms with Gasteiger partial charge < -0.3 is 10.8 Å². The average molecular weight is 202 g/mol. The highest BCUT2D eigenvalue weighted by atomic mass is 32.2. The van der Waals surface area contributed by atoms with Gasteiger partial charge in [-0.2, -0.15) is 4.98 Å². The van der Waals surface area contributed by atoms with E-state index >= 15 is 0 Å². The number of hydrogen-bond donors (Lipinski definition) is 3. The Kier molecular flexibility index (Phi) is 3.13. The second kappa shape index (κ2) is 4.13. The van der Waals surface area contributed by atoms with Crippen molar-refractivity contribution in [2.75, 3.05) is 11.5 Å². The number of nitrogen functional groups attached to an aromatic ring is 1. The van der Waals surface area contributed by atoms with Crippen LogP contribution in [0.15, 0.2) is 5.16 Å². The van der Waals surface area contributed by atoms with Crippen molar-refractivity contribution in [3.05, 3.63) is 0 Å². The van der Waals surface area contributed by atoms with E-state index < -0.39 is 11.9 Å². The molecule has 0 saturated heterocycles.